The molecule has 238 valence electrons. The second-order valence-electron chi connectivity index (χ2n) is 11.1. The summed E-state index contributed by atoms with van der Waals surface area (Å²) in [6.45, 7) is 1.95. The number of aliphatic hydroxyl groups excluding tert-OH is 1. The topological polar surface area (TPSA) is 191 Å². The third kappa shape index (κ3) is 10.1. The molecule has 1 aliphatic heterocycles. The third-order valence-corrected chi connectivity index (χ3v) is 7.82. The number of aliphatic hydroxyl groups is 1. The number of nitrogens with zero attached hydrogens (tertiary/aromatic N) is 2. The summed E-state index contributed by atoms with van der Waals surface area (Å²) in [5.74, 6) is -0.889. The van der Waals surface area contributed by atoms with Gasteiger partial charge in [-0.3, -0.25) is 29.3 Å². The van der Waals surface area contributed by atoms with Gasteiger partial charge in [-0.15, -0.1) is 0 Å². The number of hydrogen-bond donors (Lipinski definition) is 5. The highest BCUT2D eigenvalue weighted by atomic mass is 16.6. The summed E-state index contributed by atoms with van der Waals surface area (Å²) in [5, 5.41) is 38.7. The van der Waals surface area contributed by atoms with Gasteiger partial charge in [-0.2, -0.15) is 0 Å². The number of hydrogen-bond acceptors (Lipinski definition) is 8. The molecule has 44 heavy (non-hydrogen) atoms. The zero-order valence-electron chi connectivity index (χ0n) is 24.8. The van der Waals surface area contributed by atoms with Gasteiger partial charge in [-0.05, 0) is 44.2 Å². The number of anilines is 1. The Kier molecular flexibility index (Phi) is 13.2. The molecule has 4 rings (SSSR count). The van der Waals surface area contributed by atoms with Crippen LogP contribution < -0.4 is 20.9 Å². The highest BCUT2D eigenvalue weighted by Crippen LogP contribution is 2.28. The van der Waals surface area contributed by atoms with Gasteiger partial charge in [-0.25, -0.2) is 0 Å². The molecule has 2 aromatic rings. The van der Waals surface area contributed by atoms with Crippen LogP contribution in [-0.2, 0) is 20.8 Å². The van der Waals surface area contributed by atoms with Crippen LogP contribution in [0.15, 0.2) is 48.5 Å². The van der Waals surface area contributed by atoms with E-state index in [1.54, 1.807) is 6.92 Å². The van der Waals surface area contributed by atoms with Crippen molar-refractivity contribution in [2.75, 3.05) is 18.0 Å². The maximum Gasteiger partial charge on any atom is 0.290 e. The fourth-order valence-corrected chi connectivity index (χ4v) is 5.42. The maximum atomic E-state index is 13.4. The Morgan fingerprint density at radius 2 is 1.80 bits per heavy atom. The van der Waals surface area contributed by atoms with Crippen LogP contribution in [0, 0.1) is 10.1 Å². The Balaban J connectivity index is 0.00000169. The van der Waals surface area contributed by atoms with Gasteiger partial charge >= 0.3 is 0 Å². The smallest absolute Gasteiger partial charge is 0.290 e. The van der Waals surface area contributed by atoms with Crippen molar-refractivity contribution in [3.05, 3.63) is 69.8 Å². The first-order chi connectivity index (χ1) is 21.1. The highest BCUT2D eigenvalue weighted by molar-refractivity contribution is 6.00. The molecule has 13 heteroatoms. The van der Waals surface area contributed by atoms with Crippen LogP contribution in [0.25, 0.3) is 0 Å². The molecule has 0 radical (unpaired) electrons. The summed E-state index contributed by atoms with van der Waals surface area (Å²) in [6.07, 6.45) is 5.55. The minimum atomic E-state index is -1.07. The molecule has 3 atom stereocenters. The molecule has 2 fully saturated rings. The van der Waals surface area contributed by atoms with Gasteiger partial charge in [0.25, 0.3) is 18.1 Å². The maximum absolute atomic E-state index is 13.4. The molecule has 0 aromatic heterocycles. The molecule has 1 aliphatic carbocycles. The van der Waals surface area contributed by atoms with Crippen LogP contribution in [-0.4, -0.2) is 76.6 Å². The second-order valence-corrected chi connectivity index (χ2v) is 11.1. The van der Waals surface area contributed by atoms with E-state index in [1.165, 1.54) is 29.5 Å². The number of carboxylic acid groups (broad SMARTS) is 1. The lowest BCUT2D eigenvalue weighted by Crippen LogP contribution is -2.53. The summed E-state index contributed by atoms with van der Waals surface area (Å²) < 4.78 is 0. The van der Waals surface area contributed by atoms with E-state index >= 15 is 0 Å². The summed E-state index contributed by atoms with van der Waals surface area (Å²) in [6, 6.07) is 12.1. The molecule has 3 amide bonds. The van der Waals surface area contributed by atoms with E-state index in [9.17, 15) is 29.6 Å². The largest absolute Gasteiger partial charge is 0.483 e. The number of rotatable bonds is 12. The summed E-state index contributed by atoms with van der Waals surface area (Å²) in [7, 11) is 0. The van der Waals surface area contributed by atoms with E-state index < -0.39 is 29.0 Å². The zero-order chi connectivity index (χ0) is 32.1. The van der Waals surface area contributed by atoms with Gasteiger partial charge < -0.3 is 31.1 Å². The fourth-order valence-electron chi connectivity index (χ4n) is 5.42. The van der Waals surface area contributed by atoms with Crippen molar-refractivity contribution in [3.8, 4) is 0 Å². The van der Waals surface area contributed by atoms with Crippen LogP contribution in [0.3, 0.4) is 0 Å². The number of nitro benzene ring substituents is 1. The normalized spacial score (nSPS) is 17.0. The summed E-state index contributed by atoms with van der Waals surface area (Å²) >= 11 is 0. The first kappa shape index (κ1) is 34.1. The Morgan fingerprint density at radius 3 is 2.41 bits per heavy atom. The monoisotopic (exact) mass is 611 g/mol. The molecule has 1 heterocycles. The standard InChI is InChI=1S/C30H39N5O6.CH2O2/c1-20(29(38)32-23-11-6-3-7-12-23)31-19-27(36)26(15-21-9-4-2-5-10-21)33-30(39)22-16-24(18-25(17-22)35(40)41)34-14-8-13-28(34)37;2-1-3/h2,4-5,9-10,16-18,20,23,26-27,31,36H,3,6-8,11-15,19H2,1H3,(H,32,38)(H,33,39);1H,(H,2,3)/t20-,26?,27+;/m0./s1. The van der Waals surface area contributed by atoms with Crippen molar-refractivity contribution in [1.29, 1.82) is 0 Å². The lowest BCUT2D eigenvalue weighted by atomic mass is 9.95. The highest BCUT2D eigenvalue weighted by Gasteiger charge is 2.28. The van der Waals surface area contributed by atoms with Crippen molar-refractivity contribution >= 4 is 35.6 Å². The number of non-ortho nitro benzene ring substituents is 1. The van der Waals surface area contributed by atoms with Crippen molar-refractivity contribution in [3.63, 3.8) is 0 Å². The third-order valence-electron chi connectivity index (χ3n) is 7.82. The van der Waals surface area contributed by atoms with Gasteiger partial charge in [0.05, 0.1) is 28.8 Å². The fraction of sp³-hybridized carbons (Fsp3) is 0.484. The Hall–Kier alpha value is -4.36. The number of carbonyl (C=O) groups is 4. The number of nitrogens with one attached hydrogen (secondary N) is 3. The SMILES string of the molecule is C[C@H](NC[C@@H](O)C(Cc1ccccc1)NC(=O)c1cc(N2CCCC2=O)cc([N+](=O)[O-])c1)C(=O)NC1CCCCC1.O=CO. The van der Waals surface area contributed by atoms with Crippen LogP contribution in [0.5, 0.6) is 0 Å². The Bertz CT molecular complexity index is 1290. The molecule has 1 saturated heterocycles. The summed E-state index contributed by atoms with van der Waals surface area (Å²) in [5.41, 5.74) is 0.896. The molecule has 1 unspecified atom stereocenters. The molecular formula is C31H41N5O8. The lowest BCUT2D eigenvalue weighted by Gasteiger charge is -2.27. The molecule has 2 aromatic carbocycles. The quantitative estimate of drug-likeness (QED) is 0.136. The van der Waals surface area contributed by atoms with Gasteiger partial charge in [0.2, 0.25) is 11.8 Å². The Labute approximate surface area is 256 Å². The van der Waals surface area contributed by atoms with Crippen LogP contribution in [0.2, 0.25) is 0 Å². The molecule has 0 spiro atoms. The second kappa shape index (κ2) is 17.1. The van der Waals surface area contributed by atoms with Gasteiger partial charge in [0.1, 0.15) is 0 Å². The lowest BCUT2D eigenvalue weighted by molar-refractivity contribution is -0.384. The summed E-state index contributed by atoms with van der Waals surface area (Å²) in [4.78, 5) is 59.2. The minimum Gasteiger partial charge on any atom is -0.483 e. The average molecular weight is 612 g/mol. The first-order valence-corrected chi connectivity index (χ1v) is 14.9. The molecule has 0 bridgehead atoms. The van der Waals surface area contributed by atoms with E-state index in [0.717, 1.165) is 31.2 Å². The minimum absolute atomic E-state index is 0.0207. The van der Waals surface area contributed by atoms with Gasteiger partial charge in [-0.1, -0.05) is 49.6 Å². The average Bonchev–Trinajstić information content (AvgIpc) is 3.46. The number of carbonyl (C=O) groups excluding carboxylic acids is 3. The van der Waals surface area contributed by atoms with Crippen molar-refractivity contribution in [2.45, 2.75) is 82.5 Å². The van der Waals surface area contributed by atoms with Crippen molar-refractivity contribution in [1.82, 2.24) is 16.0 Å². The molecule has 5 N–H and O–H groups in total. The van der Waals surface area contributed by atoms with Crippen molar-refractivity contribution in [2.24, 2.45) is 0 Å². The van der Waals surface area contributed by atoms with Crippen LogP contribution in [0.1, 0.15) is 67.8 Å². The van der Waals surface area contributed by atoms with E-state index in [4.69, 9.17) is 9.90 Å². The number of amides is 3. The zero-order valence-corrected chi connectivity index (χ0v) is 24.8. The van der Waals surface area contributed by atoms with E-state index in [-0.39, 0.29) is 42.1 Å². The molecule has 13 nitrogen and oxygen atoms in total. The molecule has 2 aliphatic rings. The first-order valence-electron chi connectivity index (χ1n) is 14.9. The van der Waals surface area contributed by atoms with E-state index in [2.05, 4.69) is 16.0 Å². The predicted molar refractivity (Wildman–Crippen MR) is 163 cm³/mol. The Morgan fingerprint density at radius 1 is 1.11 bits per heavy atom. The van der Waals surface area contributed by atoms with Gasteiger partial charge in [0, 0.05) is 43.2 Å². The number of nitro groups is 1. The van der Waals surface area contributed by atoms with Crippen molar-refractivity contribution < 1.29 is 34.3 Å². The molecular weight excluding hydrogens is 570 g/mol. The molecule has 1 saturated carbocycles. The number of benzene rings is 2. The van der Waals surface area contributed by atoms with Crippen LogP contribution in [0.4, 0.5) is 11.4 Å². The van der Waals surface area contributed by atoms with E-state index in [1.807, 2.05) is 30.3 Å². The van der Waals surface area contributed by atoms with Crippen LogP contribution >= 0.6 is 0 Å². The van der Waals surface area contributed by atoms with E-state index in [0.29, 0.717) is 31.5 Å². The van der Waals surface area contributed by atoms with Gasteiger partial charge in [0.15, 0.2) is 0 Å². The predicted octanol–water partition coefficient (Wildman–Crippen LogP) is 2.55.